The number of Topliss-reactive ketones (excluding diaryl/α,β-unsaturated/α-hetero) is 1. The van der Waals surface area contributed by atoms with Gasteiger partial charge in [0, 0.05) is 12.3 Å². The maximum absolute atomic E-state index is 12.6. The van der Waals surface area contributed by atoms with Crippen molar-refractivity contribution in [2.75, 3.05) is 0 Å². The summed E-state index contributed by atoms with van der Waals surface area (Å²) in [4.78, 5) is 12.6. The number of carbonyl (C=O) groups excluding carboxylic acids is 1. The zero-order chi connectivity index (χ0) is 13.7. The average Bonchev–Trinajstić information content (AvgIpc) is 2.35. The molecule has 18 heavy (non-hydrogen) atoms. The summed E-state index contributed by atoms with van der Waals surface area (Å²) in [6, 6.07) is 0. The van der Waals surface area contributed by atoms with Gasteiger partial charge in [-0.15, -0.1) is 0 Å². The quantitative estimate of drug-likeness (QED) is 0.643. The topological polar surface area (TPSA) is 17.1 Å². The highest BCUT2D eigenvalue weighted by Gasteiger charge is 2.35. The van der Waals surface area contributed by atoms with E-state index in [1.807, 2.05) is 0 Å². The lowest BCUT2D eigenvalue weighted by Gasteiger charge is -2.37. The van der Waals surface area contributed by atoms with E-state index in [1.54, 1.807) is 0 Å². The van der Waals surface area contributed by atoms with Gasteiger partial charge in [0.1, 0.15) is 5.78 Å². The molecule has 1 fully saturated rings. The van der Waals surface area contributed by atoms with E-state index in [4.69, 9.17) is 0 Å². The second kappa shape index (κ2) is 7.31. The first-order chi connectivity index (χ1) is 8.49. The fourth-order valence-electron chi connectivity index (χ4n) is 3.59. The van der Waals surface area contributed by atoms with Gasteiger partial charge in [-0.05, 0) is 36.5 Å². The van der Waals surface area contributed by atoms with Gasteiger partial charge in [-0.3, -0.25) is 4.79 Å². The summed E-state index contributed by atoms with van der Waals surface area (Å²) in [5.41, 5.74) is 0. The molecule has 1 rings (SSSR count). The zero-order valence-corrected chi connectivity index (χ0v) is 13.0. The molecule has 1 saturated carbocycles. The molecule has 1 nitrogen and oxygen atoms in total. The van der Waals surface area contributed by atoms with Crippen LogP contribution in [0, 0.1) is 29.6 Å². The molecule has 0 amide bonds. The Morgan fingerprint density at radius 1 is 1.17 bits per heavy atom. The van der Waals surface area contributed by atoms with E-state index in [9.17, 15) is 4.79 Å². The molecule has 0 aromatic rings. The van der Waals surface area contributed by atoms with Gasteiger partial charge in [0.2, 0.25) is 0 Å². The third kappa shape index (κ3) is 4.10. The molecule has 0 radical (unpaired) electrons. The molecule has 0 aromatic carbocycles. The Morgan fingerprint density at radius 2 is 1.78 bits per heavy atom. The molecule has 3 atom stereocenters. The monoisotopic (exact) mass is 252 g/mol. The predicted octanol–water partition coefficient (Wildman–Crippen LogP) is 5.09. The summed E-state index contributed by atoms with van der Waals surface area (Å²) < 4.78 is 0. The lowest BCUT2D eigenvalue weighted by molar-refractivity contribution is -0.128. The van der Waals surface area contributed by atoms with Gasteiger partial charge in [-0.2, -0.15) is 0 Å². The maximum atomic E-state index is 12.6. The fraction of sp³-hybridized carbons (Fsp3) is 0.941. The number of carbonyl (C=O) groups is 1. The van der Waals surface area contributed by atoms with Crippen LogP contribution in [0.25, 0.3) is 0 Å². The van der Waals surface area contributed by atoms with Gasteiger partial charge in [0.15, 0.2) is 0 Å². The molecule has 3 unspecified atom stereocenters. The summed E-state index contributed by atoms with van der Waals surface area (Å²) in [7, 11) is 0. The van der Waals surface area contributed by atoms with E-state index in [2.05, 4.69) is 34.6 Å². The standard InChI is InChI=1S/C17H32O/c1-6-14(7-2)11-17(18)16-10-13(5)8-9-15(16)12(3)4/h12-16H,6-11H2,1-5H3. The molecule has 0 aromatic heterocycles. The third-order valence-electron chi connectivity index (χ3n) is 5.08. The van der Waals surface area contributed by atoms with Crippen molar-refractivity contribution in [2.45, 2.75) is 73.1 Å². The Bertz CT molecular complexity index is 252. The van der Waals surface area contributed by atoms with E-state index in [1.165, 1.54) is 12.8 Å². The van der Waals surface area contributed by atoms with Crippen LogP contribution in [0.1, 0.15) is 73.1 Å². The number of rotatable bonds is 6. The fourth-order valence-corrected chi connectivity index (χ4v) is 3.59. The van der Waals surface area contributed by atoms with Crippen molar-refractivity contribution in [2.24, 2.45) is 29.6 Å². The molecular weight excluding hydrogens is 220 g/mol. The summed E-state index contributed by atoms with van der Waals surface area (Å²) >= 11 is 0. The first-order valence-corrected chi connectivity index (χ1v) is 8.02. The second-order valence-electron chi connectivity index (χ2n) is 6.79. The van der Waals surface area contributed by atoms with E-state index in [-0.39, 0.29) is 0 Å². The first-order valence-electron chi connectivity index (χ1n) is 8.02. The predicted molar refractivity (Wildman–Crippen MR) is 78.5 cm³/mol. The number of ketones is 1. The van der Waals surface area contributed by atoms with Gasteiger partial charge in [0.05, 0.1) is 0 Å². The third-order valence-corrected chi connectivity index (χ3v) is 5.08. The lowest BCUT2D eigenvalue weighted by atomic mass is 9.67. The second-order valence-corrected chi connectivity index (χ2v) is 6.79. The van der Waals surface area contributed by atoms with Crippen molar-refractivity contribution in [1.82, 2.24) is 0 Å². The summed E-state index contributed by atoms with van der Waals surface area (Å²) in [5, 5.41) is 0. The van der Waals surface area contributed by atoms with E-state index in [0.29, 0.717) is 29.5 Å². The number of hydrogen-bond donors (Lipinski definition) is 0. The van der Waals surface area contributed by atoms with Crippen molar-refractivity contribution >= 4 is 5.78 Å². The summed E-state index contributed by atoms with van der Waals surface area (Å²) in [6.07, 6.45) is 6.85. The van der Waals surface area contributed by atoms with E-state index in [0.717, 1.165) is 31.6 Å². The van der Waals surface area contributed by atoms with Crippen LogP contribution in [0.15, 0.2) is 0 Å². The molecule has 0 spiro atoms. The smallest absolute Gasteiger partial charge is 0.136 e. The first kappa shape index (κ1) is 15.7. The van der Waals surface area contributed by atoms with E-state index < -0.39 is 0 Å². The van der Waals surface area contributed by atoms with Crippen LogP contribution < -0.4 is 0 Å². The van der Waals surface area contributed by atoms with Gasteiger partial charge in [-0.25, -0.2) is 0 Å². The molecule has 0 saturated heterocycles. The van der Waals surface area contributed by atoms with Crippen LogP contribution in [-0.2, 0) is 4.79 Å². The van der Waals surface area contributed by atoms with Crippen LogP contribution >= 0.6 is 0 Å². The average molecular weight is 252 g/mol. The molecule has 1 aliphatic rings. The lowest BCUT2D eigenvalue weighted by Crippen LogP contribution is -2.34. The Balaban J connectivity index is 2.66. The minimum absolute atomic E-state index is 0.356. The van der Waals surface area contributed by atoms with Crippen LogP contribution in [0.2, 0.25) is 0 Å². The molecule has 1 heteroatoms. The minimum atomic E-state index is 0.356. The van der Waals surface area contributed by atoms with Gasteiger partial charge in [-0.1, -0.05) is 53.9 Å². The normalized spacial score (nSPS) is 28.9. The molecular formula is C17H32O. The van der Waals surface area contributed by atoms with Crippen molar-refractivity contribution in [3.05, 3.63) is 0 Å². The van der Waals surface area contributed by atoms with Gasteiger partial charge < -0.3 is 0 Å². The SMILES string of the molecule is CCC(CC)CC(=O)C1CC(C)CCC1C(C)C. The van der Waals surface area contributed by atoms with Crippen LogP contribution in [0.5, 0.6) is 0 Å². The Labute approximate surface area is 114 Å². The van der Waals surface area contributed by atoms with Gasteiger partial charge >= 0.3 is 0 Å². The van der Waals surface area contributed by atoms with Crippen molar-refractivity contribution in [1.29, 1.82) is 0 Å². The largest absolute Gasteiger partial charge is 0.299 e. The van der Waals surface area contributed by atoms with Crippen molar-refractivity contribution in [3.8, 4) is 0 Å². The Morgan fingerprint density at radius 3 is 2.28 bits per heavy atom. The summed E-state index contributed by atoms with van der Waals surface area (Å²) in [6.45, 7) is 11.3. The molecule has 1 aliphatic carbocycles. The van der Waals surface area contributed by atoms with E-state index >= 15 is 0 Å². The molecule has 106 valence electrons. The highest BCUT2D eigenvalue weighted by molar-refractivity contribution is 5.81. The molecule has 0 heterocycles. The highest BCUT2D eigenvalue weighted by atomic mass is 16.1. The van der Waals surface area contributed by atoms with Crippen LogP contribution in [0.3, 0.4) is 0 Å². The minimum Gasteiger partial charge on any atom is -0.299 e. The molecule has 0 N–H and O–H groups in total. The Kier molecular flexibility index (Phi) is 6.38. The van der Waals surface area contributed by atoms with Crippen LogP contribution in [0.4, 0.5) is 0 Å². The van der Waals surface area contributed by atoms with Crippen LogP contribution in [-0.4, -0.2) is 5.78 Å². The summed E-state index contributed by atoms with van der Waals surface area (Å²) in [5.74, 6) is 3.58. The number of hydrogen-bond acceptors (Lipinski definition) is 1. The zero-order valence-electron chi connectivity index (χ0n) is 13.0. The molecule has 0 aliphatic heterocycles. The highest BCUT2D eigenvalue weighted by Crippen LogP contribution is 2.39. The Hall–Kier alpha value is -0.330. The van der Waals surface area contributed by atoms with Gasteiger partial charge in [0.25, 0.3) is 0 Å². The molecule has 0 bridgehead atoms. The van der Waals surface area contributed by atoms with Crippen molar-refractivity contribution in [3.63, 3.8) is 0 Å². The maximum Gasteiger partial charge on any atom is 0.136 e. The van der Waals surface area contributed by atoms with Crippen molar-refractivity contribution < 1.29 is 4.79 Å².